The first-order chi connectivity index (χ1) is 12.2. The predicted molar refractivity (Wildman–Crippen MR) is 97.2 cm³/mol. The molecule has 0 unspecified atom stereocenters. The van der Waals surface area contributed by atoms with Gasteiger partial charge in [0.25, 0.3) is 5.91 Å². The molecule has 25 heavy (non-hydrogen) atoms. The van der Waals surface area contributed by atoms with Gasteiger partial charge in [0.15, 0.2) is 0 Å². The van der Waals surface area contributed by atoms with Crippen LogP contribution < -0.4 is 15.0 Å². The number of pyridine rings is 1. The van der Waals surface area contributed by atoms with Crippen molar-refractivity contribution in [2.45, 2.75) is 38.3 Å². The SMILES string of the molecule is CCc1ccccc1OC1CN(c2ccnc(C(=O)NC3CC3)c2)C1. The van der Waals surface area contributed by atoms with Crippen LogP contribution in [0.4, 0.5) is 5.69 Å². The van der Waals surface area contributed by atoms with E-state index in [0.717, 1.165) is 43.8 Å². The molecule has 1 aliphatic heterocycles. The van der Waals surface area contributed by atoms with Gasteiger partial charge in [-0.15, -0.1) is 0 Å². The van der Waals surface area contributed by atoms with Crippen LogP contribution in [0.2, 0.25) is 0 Å². The van der Waals surface area contributed by atoms with Gasteiger partial charge in [0.1, 0.15) is 17.5 Å². The summed E-state index contributed by atoms with van der Waals surface area (Å²) in [5, 5.41) is 2.98. The van der Waals surface area contributed by atoms with Gasteiger partial charge in [-0.3, -0.25) is 9.78 Å². The van der Waals surface area contributed by atoms with Crippen molar-refractivity contribution in [3.05, 3.63) is 53.9 Å². The number of nitrogens with zero attached hydrogens (tertiary/aromatic N) is 2. The van der Waals surface area contributed by atoms with Crippen molar-refractivity contribution in [1.29, 1.82) is 0 Å². The lowest BCUT2D eigenvalue weighted by molar-refractivity contribution is 0.0946. The summed E-state index contributed by atoms with van der Waals surface area (Å²) in [4.78, 5) is 18.6. The van der Waals surface area contributed by atoms with Crippen LogP contribution in [0, 0.1) is 0 Å². The minimum Gasteiger partial charge on any atom is -0.486 e. The Balaban J connectivity index is 1.36. The zero-order valence-corrected chi connectivity index (χ0v) is 14.4. The average Bonchev–Trinajstić information content (AvgIpc) is 3.42. The molecule has 1 amide bonds. The van der Waals surface area contributed by atoms with Crippen molar-refractivity contribution in [3.8, 4) is 5.75 Å². The maximum Gasteiger partial charge on any atom is 0.270 e. The molecule has 1 N–H and O–H groups in total. The fourth-order valence-corrected chi connectivity index (χ4v) is 3.04. The summed E-state index contributed by atoms with van der Waals surface area (Å²) in [6.45, 7) is 3.79. The first kappa shape index (κ1) is 15.9. The number of benzene rings is 1. The third kappa shape index (κ3) is 3.60. The Kier molecular flexibility index (Phi) is 4.30. The maximum atomic E-state index is 12.1. The summed E-state index contributed by atoms with van der Waals surface area (Å²) in [7, 11) is 0. The Morgan fingerprint density at radius 3 is 2.84 bits per heavy atom. The number of hydrogen-bond acceptors (Lipinski definition) is 4. The highest BCUT2D eigenvalue weighted by Gasteiger charge is 2.30. The van der Waals surface area contributed by atoms with Crippen molar-refractivity contribution in [2.24, 2.45) is 0 Å². The second-order valence-electron chi connectivity index (χ2n) is 6.75. The van der Waals surface area contributed by atoms with Crippen molar-refractivity contribution in [2.75, 3.05) is 18.0 Å². The molecule has 0 spiro atoms. The maximum absolute atomic E-state index is 12.1. The van der Waals surface area contributed by atoms with Gasteiger partial charge in [-0.2, -0.15) is 0 Å². The van der Waals surface area contributed by atoms with E-state index in [4.69, 9.17) is 4.74 Å². The number of rotatable bonds is 6. The molecule has 130 valence electrons. The lowest BCUT2D eigenvalue weighted by Gasteiger charge is -2.41. The van der Waals surface area contributed by atoms with Crippen LogP contribution in [0.25, 0.3) is 0 Å². The fraction of sp³-hybridized carbons (Fsp3) is 0.400. The highest BCUT2D eigenvalue weighted by Crippen LogP contribution is 2.27. The topological polar surface area (TPSA) is 54.5 Å². The van der Waals surface area contributed by atoms with E-state index in [0.29, 0.717) is 11.7 Å². The van der Waals surface area contributed by atoms with Gasteiger partial charge in [0.2, 0.25) is 0 Å². The second kappa shape index (κ2) is 6.75. The Labute approximate surface area is 148 Å². The third-order valence-corrected chi connectivity index (χ3v) is 4.75. The molecule has 4 rings (SSSR count). The molecule has 0 bridgehead atoms. The molecule has 1 saturated heterocycles. The van der Waals surface area contributed by atoms with E-state index in [2.05, 4.69) is 28.2 Å². The molecule has 5 nitrogen and oxygen atoms in total. The van der Waals surface area contributed by atoms with Gasteiger partial charge >= 0.3 is 0 Å². The quantitative estimate of drug-likeness (QED) is 0.881. The predicted octanol–water partition coefficient (Wildman–Crippen LogP) is 2.80. The van der Waals surface area contributed by atoms with Gasteiger partial charge in [-0.05, 0) is 43.0 Å². The molecule has 2 fully saturated rings. The normalized spacial score (nSPS) is 17.1. The Hall–Kier alpha value is -2.56. The average molecular weight is 337 g/mol. The van der Waals surface area contributed by atoms with Crippen LogP contribution in [0.3, 0.4) is 0 Å². The Bertz CT molecular complexity index is 767. The van der Waals surface area contributed by atoms with Crippen molar-refractivity contribution in [3.63, 3.8) is 0 Å². The molecular formula is C20H23N3O2. The number of aryl methyl sites for hydroxylation is 1. The van der Waals surface area contributed by atoms with Crippen LogP contribution in [-0.2, 0) is 6.42 Å². The Morgan fingerprint density at radius 1 is 1.28 bits per heavy atom. The highest BCUT2D eigenvalue weighted by atomic mass is 16.5. The molecular weight excluding hydrogens is 314 g/mol. The molecule has 2 aromatic rings. The van der Waals surface area contributed by atoms with Crippen LogP contribution in [0.5, 0.6) is 5.75 Å². The van der Waals surface area contributed by atoms with Gasteiger partial charge in [0, 0.05) is 17.9 Å². The number of hydrogen-bond donors (Lipinski definition) is 1. The van der Waals surface area contributed by atoms with Crippen molar-refractivity contribution < 1.29 is 9.53 Å². The number of carbonyl (C=O) groups excluding carboxylic acids is 1. The van der Waals surface area contributed by atoms with Gasteiger partial charge in [-0.25, -0.2) is 0 Å². The minimum absolute atomic E-state index is 0.0745. The van der Waals surface area contributed by atoms with Crippen LogP contribution >= 0.6 is 0 Å². The summed E-state index contributed by atoms with van der Waals surface area (Å²) in [6.07, 6.45) is 5.02. The fourth-order valence-electron chi connectivity index (χ4n) is 3.04. The lowest BCUT2D eigenvalue weighted by atomic mass is 10.1. The van der Waals surface area contributed by atoms with Crippen LogP contribution in [-0.4, -0.2) is 36.1 Å². The molecule has 1 aromatic carbocycles. The zero-order chi connectivity index (χ0) is 17.2. The highest BCUT2D eigenvalue weighted by molar-refractivity contribution is 5.93. The number of anilines is 1. The second-order valence-corrected chi connectivity index (χ2v) is 6.75. The minimum atomic E-state index is -0.0745. The lowest BCUT2D eigenvalue weighted by Crippen LogP contribution is -2.54. The molecule has 0 atom stereocenters. The molecule has 0 radical (unpaired) electrons. The smallest absolute Gasteiger partial charge is 0.270 e. The van der Waals surface area contributed by atoms with E-state index in [9.17, 15) is 4.79 Å². The number of ether oxygens (including phenoxy) is 1. The monoisotopic (exact) mass is 337 g/mol. The summed E-state index contributed by atoms with van der Waals surface area (Å²) in [5.41, 5.74) is 2.76. The molecule has 1 saturated carbocycles. The summed E-state index contributed by atoms with van der Waals surface area (Å²) in [6, 6.07) is 12.4. The van der Waals surface area contributed by atoms with E-state index in [1.165, 1.54) is 5.56 Å². The van der Waals surface area contributed by atoms with E-state index >= 15 is 0 Å². The number of carbonyl (C=O) groups is 1. The van der Waals surface area contributed by atoms with Crippen molar-refractivity contribution in [1.82, 2.24) is 10.3 Å². The molecule has 1 aliphatic carbocycles. The third-order valence-electron chi connectivity index (χ3n) is 4.75. The first-order valence-corrected chi connectivity index (χ1v) is 8.99. The Morgan fingerprint density at radius 2 is 2.08 bits per heavy atom. The van der Waals surface area contributed by atoms with Crippen LogP contribution in [0.1, 0.15) is 35.8 Å². The molecule has 1 aromatic heterocycles. The summed E-state index contributed by atoms with van der Waals surface area (Å²) >= 11 is 0. The number of nitrogens with one attached hydrogen (secondary N) is 1. The van der Waals surface area contributed by atoms with Crippen molar-refractivity contribution >= 4 is 11.6 Å². The van der Waals surface area contributed by atoms with E-state index in [1.807, 2.05) is 30.3 Å². The van der Waals surface area contributed by atoms with Gasteiger partial charge in [0.05, 0.1) is 13.1 Å². The first-order valence-electron chi connectivity index (χ1n) is 8.99. The number of amides is 1. The zero-order valence-electron chi connectivity index (χ0n) is 14.4. The van der Waals surface area contributed by atoms with Gasteiger partial charge < -0.3 is 15.0 Å². The largest absolute Gasteiger partial charge is 0.486 e. The summed E-state index contributed by atoms with van der Waals surface area (Å²) < 4.78 is 6.13. The molecule has 2 heterocycles. The van der Waals surface area contributed by atoms with E-state index < -0.39 is 0 Å². The standard InChI is InChI=1S/C20H23N3O2/c1-2-14-5-3-4-6-19(14)25-17-12-23(13-17)16-9-10-21-18(11-16)20(24)22-15-7-8-15/h3-6,9-11,15,17H,2,7-8,12-13H2,1H3,(H,22,24). The number of aromatic nitrogens is 1. The van der Waals surface area contributed by atoms with Crippen LogP contribution in [0.15, 0.2) is 42.6 Å². The molecule has 2 aliphatic rings. The van der Waals surface area contributed by atoms with E-state index in [-0.39, 0.29) is 12.0 Å². The van der Waals surface area contributed by atoms with E-state index in [1.54, 1.807) is 6.20 Å². The molecule has 5 heteroatoms. The van der Waals surface area contributed by atoms with Gasteiger partial charge in [-0.1, -0.05) is 25.1 Å². The number of para-hydroxylation sites is 1. The summed E-state index contributed by atoms with van der Waals surface area (Å²) in [5.74, 6) is 0.906.